The molecule has 0 radical (unpaired) electrons. The quantitative estimate of drug-likeness (QED) is 0.721. The Kier molecular flexibility index (Phi) is 5.20. The van der Waals surface area contributed by atoms with Crippen molar-refractivity contribution >= 4 is 12.0 Å². The molecule has 0 aromatic heterocycles. The number of hydrogen-bond donors (Lipinski definition) is 3. The summed E-state index contributed by atoms with van der Waals surface area (Å²) in [4.78, 5) is 22.7. The van der Waals surface area contributed by atoms with Crippen LogP contribution in [0.3, 0.4) is 0 Å². The van der Waals surface area contributed by atoms with Crippen molar-refractivity contribution in [2.24, 2.45) is 11.8 Å². The molecule has 1 aromatic rings. The standard InChI is InChI=1S/C16H22N2O3/c1-11(12-6-7-12)10-18-16(21)17-9-8-13-4-2-3-5-14(13)15(19)20/h2-5,11-12H,6-10H2,1H3,(H,19,20)(H2,17,18,21). The molecule has 2 amide bonds. The van der Waals surface area contributed by atoms with E-state index >= 15 is 0 Å². The summed E-state index contributed by atoms with van der Waals surface area (Å²) in [5.41, 5.74) is 1.03. The van der Waals surface area contributed by atoms with Crippen LogP contribution in [-0.2, 0) is 6.42 Å². The van der Waals surface area contributed by atoms with E-state index in [1.807, 2.05) is 0 Å². The fourth-order valence-electron chi connectivity index (χ4n) is 2.41. The van der Waals surface area contributed by atoms with Gasteiger partial charge in [0, 0.05) is 13.1 Å². The fourth-order valence-corrected chi connectivity index (χ4v) is 2.41. The SMILES string of the molecule is CC(CNC(=O)NCCc1ccccc1C(=O)O)C1CC1. The Morgan fingerprint density at radius 3 is 2.67 bits per heavy atom. The summed E-state index contributed by atoms with van der Waals surface area (Å²) in [6, 6.07) is 6.67. The number of carboxylic acids is 1. The number of rotatable bonds is 7. The Bertz CT molecular complexity index is 512. The smallest absolute Gasteiger partial charge is 0.335 e. The lowest BCUT2D eigenvalue weighted by molar-refractivity contribution is 0.0695. The van der Waals surface area contributed by atoms with E-state index in [0.717, 1.165) is 11.5 Å². The van der Waals surface area contributed by atoms with Gasteiger partial charge in [-0.15, -0.1) is 0 Å². The van der Waals surface area contributed by atoms with Crippen molar-refractivity contribution in [3.63, 3.8) is 0 Å². The molecule has 1 saturated carbocycles. The number of aromatic carboxylic acids is 1. The summed E-state index contributed by atoms with van der Waals surface area (Å²) >= 11 is 0. The number of nitrogens with one attached hydrogen (secondary N) is 2. The number of carbonyl (C=O) groups is 2. The van der Waals surface area contributed by atoms with Crippen LogP contribution in [0.5, 0.6) is 0 Å². The minimum atomic E-state index is -0.937. The lowest BCUT2D eigenvalue weighted by Crippen LogP contribution is -2.39. The van der Waals surface area contributed by atoms with E-state index in [-0.39, 0.29) is 6.03 Å². The summed E-state index contributed by atoms with van der Waals surface area (Å²) < 4.78 is 0. The lowest BCUT2D eigenvalue weighted by atomic mass is 10.0. The molecule has 0 saturated heterocycles. The van der Waals surface area contributed by atoms with Crippen LogP contribution in [0.2, 0.25) is 0 Å². The molecule has 0 heterocycles. The molecule has 0 bridgehead atoms. The first-order valence-electron chi connectivity index (χ1n) is 7.41. The van der Waals surface area contributed by atoms with Crippen molar-refractivity contribution in [3.8, 4) is 0 Å². The summed E-state index contributed by atoms with van der Waals surface area (Å²) in [6.07, 6.45) is 3.06. The summed E-state index contributed by atoms with van der Waals surface area (Å²) in [5, 5.41) is 14.7. The Morgan fingerprint density at radius 1 is 1.29 bits per heavy atom. The summed E-state index contributed by atoms with van der Waals surface area (Å²) in [6.45, 7) is 3.28. The minimum Gasteiger partial charge on any atom is -0.478 e. The van der Waals surface area contributed by atoms with Gasteiger partial charge < -0.3 is 15.7 Å². The van der Waals surface area contributed by atoms with Gasteiger partial charge in [0.2, 0.25) is 0 Å². The van der Waals surface area contributed by atoms with Crippen LogP contribution in [0.15, 0.2) is 24.3 Å². The van der Waals surface area contributed by atoms with Crippen molar-refractivity contribution < 1.29 is 14.7 Å². The number of amides is 2. The van der Waals surface area contributed by atoms with Gasteiger partial charge in [0.05, 0.1) is 5.56 Å². The van der Waals surface area contributed by atoms with Crippen LogP contribution < -0.4 is 10.6 Å². The largest absolute Gasteiger partial charge is 0.478 e. The molecule has 1 atom stereocenters. The Morgan fingerprint density at radius 2 is 2.00 bits per heavy atom. The molecule has 0 aliphatic heterocycles. The molecule has 1 aliphatic carbocycles. The van der Waals surface area contributed by atoms with E-state index < -0.39 is 5.97 Å². The molecule has 1 aromatic carbocycles. The van der Waals surface area contributed by atoms with Crippen LogP contribution in [0, 0.1) is 11.8 Å². The first-order chi connectivity index (χ1) is 10.1. The maximum atomic E-state index is 11.7. The molecular formula is C16H22N2O3. The first kappa shape index (κ1) is 15.4. The van der Waals surface area contributed by atoms with E-state index in [4.69, 9.17) is 5.11 Å². The van der Waals surface area contributed by atoms with E-state index in [1.54, 1.807) is 24.3 Å². The van der Waals surface area contributed by atoms with Gasteiger partial charge in [0.1, 0.15) is 0 Å². The van der Waals surface area contributed by atoms with Gasteiger partial charge in [0.25, 0.3) is 0 Å². The monoisotopic (exact) mass is 290 g/mol. The predicted octanol–water partition coefficient (Wildman–Crippen LogP) is 2.27. The predicted molar refractivity (Wildman–Crippen MR) is 80.4 cm³/mol. The third kappa shape index (κ3) is 4.77. The first-order valence-corrected chi connectivity index (χ1v) is 7.41. The molecule has 3 N–H and O–H groups in total. The highest BCUT2D eigenvalue weighted by Crippen LogP contribution is 2.35. The van der Waals surface area contributed by atoms with Gasteiger partial charge in [-0.3, -0.25) is 0 Å². The molecule has 21 heavy (non-hydrogen) atoms. The van der Waals surface area contributed by atoms with Crippen molar-refractivity contribution in [2.45, 2.75) is 26.2 Å². The minimum absolute atomic E-state index is 0.185. The number of urea groups is 1. The molecule has 1 aliphatic rings. The van der Waals surface area contributed by atoms with Gasteiger partial charge >= 0.3 is 12.0 Å². The highest BCUT2D eigenvalue weighted by Gasteiger charge is 2.27. The maximum Gasteiger partial charge on any atom is 0.335 e. The van der Waals surface area contributed by atoms with Gasteiger partial charge in [-0.05, 0) is 42.7 Å². The van der Waals surface area contributed by atoms with Crippen molar-refractivity contribution in [3.05, 3.63) is 35.4 Å². The average molecular weight is 290 g/mol. The van der Waals surface area contributed by atoms with E-state index in [0.29, 0.717) is 31.0 Å². The van der Waals surface area contributed by atoms with E-state index in [9.17, 15) is 9.59 Å². The van der Waals surface area contributed by atoms with Gasteiger partial charge in [0.15, 0.2) is 0 Å². The molecule has 1 unspecified atom stereocenters. The highest BCUT2D eigenvalue weighted by atomic mass is 16.4. The van der Waals surface area contributed by atoms with Crippen molar-refractivity contribution in [1.82, 2.24) is 10.6 Å². The molecular weight excluding hydrogens is 268 g/mol. The number of hydrogen-bond acceptors (Lipinski definition) is 2. The van der Waals surface area contributed by atoms with E-state index in [1.165, 1.54) is 12.8 Å². The third-order valence-electron chi connectivity index (χ3n) is 3.94. The van der Waals surface area contributed by atoms with Crippen LogP contribution in [-0.4, -0.2) is 30.2 Å². The Labute approximate surface area is 124 Å². The van der Waals surface area contributed by atoms with Gasteiger partial charge in [-0.1, -0.05) is 25.1 Å². The average Bonchev–Trinajstić information content (AvgIpc) is 3.29. The van der Waals surface area contributed by atoms with Crippen LogP contribution in [0.25, 0.3) is 0 Å². The zero-order chi connectivity index (χ0) is 15.2. The molecule has 5 nitrogen and oxygen atoms in total. The Hall–Kier alpha value is -2.04. The lowest BCUT2D eigenvalue weighted by Gasteiger charge is -2.12. The van der Waals surface area contributed by atoms with Crippen LogP contribution in [0.4, 0.5) is 4.79 Å². The third-order valence-corrected chi connectivity index (χ3v) is 3.94. The maximum absolute atomic E-state index is 11.7. The van der Waals surface area contributed by atoms with Crippen molar-refractivity contribution in [2.75, 3.05) is 13.1 Å². The van der Waals surface area contributed by atoms with Crippen molar-refractivity contribution in [1.29, 1.82) is 0 Å². The topological polar surface area (TPSA) is 78.4 Å². The normalized spacial score (nSPS) is 15.3. The van der Waals surface area contributed by atoms with Gasteiger partial charge in [-0.25, -0.2) is 9.59 Å². The summed E-state index contributed by atoms with van der Waals surface area (Å²) in [7, 11) is 0. The number of carbonyl (C=O) groups excluding carboxylic acids is 1. The number of carboxylic acid groups (broad SMARTS) is 1. The summed E-state index contributed by atoms with van der Waals surface area (Å²) in [5.74, 6) is 0.365. The molecule has 0 spiro atoms. The number of benzene rings is 1. The van der Waals surface area contributed by atoms with Crippen LogP contribution >= 0.6 is 0 Å². The molecule has 1 fully saturated rings. The van der Waals surface area contributed by atoms with Gasteiger partial charge in [-0.2, -0.15) is 0 Å². The highest BCUT2D eigenvalue weighted by molar-refractivity contribution is 5.89. The second-order valence-corrected chi connectivity index (χ2v) is 5.66. The molecule has 5 heteroatoms. The zero-order valence-corrected chi connectivity index (χ0v) is 12.3. The Balaban J connectivity index is 1.71. The van der Waals surface area contributed by atoms with Crippen LogP contribution in [0.1, 0.15) is 35.7 Å². The zero-order valence-electron chi connectivity index (χ0n) is 12.3. The van der Waals surface area contributed by atoms with E-state index in [2.05, 4.69) is 17.6 Å². The fraction of sp³-hybridized carbons (Fsp3) is 0.500. The second-order valence-electron chi connectivity index (χ2n) is 5.66. The molecule has 2 rings (SSSR count). The molecule has 114 valence electrons. The second kappa shape index (κ2) is 7.11.